The molecule has 0 bridgehead atoms. The molecule has 0 radical (unpaired) electrons. The molecule has 0 atom stereocenters. The van der Waals surface area contributed by atoms with Gasteiger partial charge in [-0.3, -0.25) is 9.59 Å². The van der Waals surface area contributed by atoms with E-state index in [9.17, 15) is 34.5 Å². The monoisotopic (exact) mass is 558 g/mol. The number of halogens is 2. The van der Waals surface area contributed by atoms with Crippen molar-refractivity contribution >= 4 is 52.5 Å². The molecule has 0 spiro atoms. The number of rotatable bonds is 10. The maximum atomic E-state index is 13.3. The molecule has 1 amide bonds. The van der Waals surface area contributed by atoms with E-state index in [-0.39, 0.29) is 23.5 Å². The first-order valence-corrected chi connectivity index (χ1v) is 12.1. The Kier molecular flexibility index (Phi) is 9.11. The summed E-state index contributed by atoms with van der Waals surface area (Å²) in [6, 6.07) is 11.0. The van der Waals surface area contributed by atoms with Crippen molar-refractivity contribution in [2.24, 2.45) is 0 Å². The largest absolute Gasteiger partial charge is 0.507 e. The number of carboxylic acids is 2. The van der Waals surface area contributed by atoms with E-state index in [1.807, 2.05) is 19.0 Å². The van der Waals surface area contributed by atoms with E-state index in [0.717, 1.165) is 6.07 Å². The molecular formula is C27H24Cl2N2O7. The Morgan fingerprint density at radius 3 is 2.13 bits per heavy atom. The molecule has 3 aromatic rings. The van der Waals surface area contributed by atoms with E-state index in [4.69, 9.17) is 23.2 Å². The van der Waals surface area contributed by atoms with Gasteiger partial charge in [0, 0.05) is 27.6 Å². The normalized spacial score (nSPS) is 10.9. The summed E-state index contributed by atoms with van der Waals surface area (Å²) < 4.78 is 0. The Labute approximate surface area is 228 Å². The minimum Gasteiger partial charge on any atom is -0.507 e. The van der Waals surface area contributed by atoms with Gasteiger partial charge < -0.3 is 25.5 Å². The third-order valence-corrected chi connectivity index (χ3v) is 6.21. The first kappa shape index (κ1) is 28.6. The van der Waals surface area contributed by atoms with E-state index in [2.05, 4.69) is 5.32 Å². The lowest BCUT2D eigenvalue weighted by Gasteiger charge is -2.15. The van der Waals surface area contributed by atoms with Crippen LogP contribution in [0.25, 0.3) is 11.1 Å². The summed E-state index contributed by atoms with van der Waals surface area (Å²) in [5.41, 5.74) is -0.393. The SMILES string of the molecule is CN(C)CCCC(=O)c1ccc(-c2ccc(Cl)cc2Cl)cc1NC(=O)c1cc(C(=O)O)c(O)cc1C(=O)O. The van der Waals surface area contributed by atoms with Crippen molar-refractivity contribution in [2.75, 3.05) is 26.0 Å². The highest BCUT2D eigenvalue weighted by Crippen LogP contribution is 2.34. The van der Waals surface area contributed by atoms with E-state index in [1.54, 1.807) is 24.3 Å². The maximum Gasteiger partial charge on any atom is 0.339 e. The summed E-state index contributed by atoms with van der Waals surface area (Å²) in [6.45, 7) is 0.666. The number of hydrogen-bond donors (Lipinski definition) is 4. The smallest absolute Gasteiger partial charge is 0.339 e. The van der Waals surface area contributed by atoms with Crippen LogP contribution in [0.5, 0.6) is 5.75 Å². The first-order valence-electron chi connectivity index (χ1n) is 11.3. The van der Waals surface area contributed by atoms with Crippen LogP contribution < -0.4 is 5.32 Å². The van der Waals surface area contributed by atoms with Gasteiger partial charge in [-0.1, -0.05) is 35.3 Å². The van der Waals surface area contributed by atoms with Gasteiger partial charge in [-0.05, 0) is 69.0 Å². The highest BCUT2D eigenvalue weighted by Gasteiger charge is 2.24. The summed E-state index contributed by atoms with van der Waals surface area (Å²) in [7, 11) is 3.76. The minimum absolute atomic E-state index is 0.0784. The number of benzene rings is 3. The number of nitrogens with zero attached hydrogens (tertiary/aromatic N) is 1. The Bertz CT molecular complexity index is 1440. The summed E-state index contributed by atoms with van der Waals surface area (Å²) in [5, 5.41) is 32.1. The maximum absolute atomic E-state index is 13.3. The molecule has 198 valence electrons. The molecule has 0 aliphatic heterocycles. The lowest BCUT2D eigenvalue weighted by atomic mass is 9.97. The van der Waals surface area contributed by atoms with Gasteiger partial charge in [0.25, 0.3) is 5.91 Å². The molecule has 11 heteroatoms. The number of carbonyl (C=O) groups is 4. The summed E-state index contributed by atoms with van der Waals surface area (Å²) in [6.07, 6.45) is 0.748. The molecule has 3 aromatic carbocycles. The second-order valence-corrected chi connectivity index (χ2v) is 9.54. The van der Waals surface area contributed by atoms with Gasteiger partial charge in [0.2, 0.25) is 0 Å². The molecule has 0 aromatic heterocycles. The van der Waals surface area contributed by atoms with Crippen molar-refractivity contribution in [1.82, 2.24) is 4.90 Å². The molecule has 0 saturated carbocycles. The molecular weight excluding hydrogens is 535 g/mol. The number of carboxylic acid groups (broad SMARTS) is 2. The Balaban J connectivity index is 2.09. The van der Waals surface area contributed by atoms with Crippen molar-refractivity contribution in [2.45, 2.75) is 12.8 Å². The fraction of sp³-hybridized carbons (Fsp3) is 0.185. The van der Waals surface area contributed by atoms with Crippen molar-refractivity contribution in [3.63, 3.8) is 0 Å². The second kappa shape index (κ2) is 12.1. The van der Waals surface area contributed by atoms with E-state index in [1.165, 1.54) is 12.1 Å². The summed E-state index contributed by atoms with van der Waals surface area (Å²) in [5.74, 6) is -5.14. The summed E-state index contributed by atoms with van der Waals surface area (Å²) >= 11 is 12.3. The fourth-order valence-electron chi connectivity index (χ4n) is 3.79. The van der Waals surface area contributed by atoms with E-state index in [0.29, 0.717) is 40.2 Å². The minimum atomic E-state index is -1.55. The third kappa shape index (κ3) is 6.69. The number of carbonyl (C=O) groups excluding carboxylic acids is 2. The zero-order valence-electron chi connectivity index (χ0n) is 20.4. The van der Waals surface area contributed by atoms with Crippen molar-refractivity contribution in [3.05, 3.63) is 80.8 Å². The molecule has 4 N–H and O–H groups in total. The van der Waals surface area contributed by atoms with Gasteiger partial charge in [0.1, 0.15) is 11.3 Å². The molecule has 0 fully saturated rings. The molecule has 0 aliphatic rings. The van der Waals surface area contributed by atoms with Gasteiger partial charge in [-0.25, -0.2) is 9.59 Å². The summed E-state index contributed by atoms with van der Waals surface area (Å²) in [4.78, 5) is 51.5. The Morgan fingerprint density at radius 1 is 0.842 bits per heavy atom. The van der Waals surface area contributed by atoms with Crippen molar-refractivity contribution in [3.8, 4) is 16.9 Å². The van der Waals surface area contributed by atoms with Crippen LogP contribution in [0.15, 0.2) is 48.5 Å². The molecule has 3 rings (SSSR count). The average molecular weight is 559 g/mol. The average Bonchev–Trinajstić information content (AvgIpc) is 2.83. The van der Waals surface area contributed by atoms with Crippen LogP contribution in [0.2, 0.25) is 10.0 Å². The van der Waals surface area contributed by atoms with E-state index >= 15 is 0 Å². The number of anilines is 1. The highest BCUT2D eigenvalue weighted by atomic mass is 35.5. The quantitative estimate of drug-likeness (QED) is 0.237. The Hall–Kier alpha value is -3.92. The second-order valence-electron chi connectivity index (χ2n) is 8.69. The first-order chi connectivity index (χ1) is 17.9. The van der Waals surface area contributed by atoms with Gasteiger partial charge >= 0.3 is 11.9 Å². The Morgan fingerprint density at radius 2 is 1.53 bits per heavy atom. The van der Waals surface area contributed by atoms with Crippen LogP contribution in [0.4, 0.5) is 5.69 Å². The predicted molar refractivity (Wildman–Crippen MR) is 144 cm³/mol. The number of aromatic hydroxyl groups is 1. The third-order valence-electron chi connectivity index (χ3n) is 5.66. The molecule has 0 aliphatic carbocycles. The highest BCUT2D eigenvalue weighted by molar-refractivity contribution is 6.36. The van der Waals surface area contributed by atoms with E-state index < -0.39 is 40.3 Å². The number of amides is 1. The standard InChI is InChI=1S/C27H24Cl2N2O7/c1-31(2)9-3-4-23(32)17-7-5-14(16-8-6-15(28)11-21(16)29)10-22(17)30-25(34)18-12-20(27(37)38)24(33)13-19(18)26(35)36/h5-8,10-13,33H,3-4,9H2,1-2H3,(H,30,34)(H,35,36)(H,37,38). The van der Waals surface area contributed by atoms with Crippen LogP contribution >= 0.6 is 23.2 Å². The number of aromatic carboxylic acids is 2. The number of hydrogen-bond acceptors (Lipinski definition) is 6. The van der Waals surface area contributed by atoms with Gasteiger partial charge in [-0.2, -0.15) is 0 Å². The lowest BCUT2D eigenvalue weighted by molar-refractivity contribution is 0.0676. The zero-order valence-corrected chi connectivity index (χ0v) is 21.9. The van der Waals surface area contributed by atoms with Gasteiger partial charge in [-0.15, -0.1) is 0 Å². The lowest BCUT2D eigenvalue weighted by Crippen LogP contribution is -2.20. The topological polar surface area (TPSA) is 144 Å². The predicted octanol–water partition coefficient (Wildman–Crippen LogP) is 5.54. The molecule has 0 heterocycles. The van der Waals surface area contributed by atoms with Crippen molar-refractivity contribution in [1.29, 1.82) is 0 Å². The van der Waals surface area contributed by atoms with Gasteiger partial charge in [0.05, 0.1) is 16.8 Å². The van der Waals surface area contributed by atoms with Crippen molar-refractivity contribution < 1.29 is 34.5 Å². The molecule has 9 nitrogen and oxygen atoms in total. The molecule has 38 heavy (non-hydrogen) atoms. The van der Waals surface area contributed by atoms with Crippen LogP contribution in [0.3, 0.4) is 0 Å². The number of nitrogens with one attached hydrogen (secondary N) is 1. The van der Waals surface area contributed by atoms with Crippen LogP contribution in [-0.2, 0) is 0 Å². The number of phenols is 1. The van der Waals surface area contributed by atoms with Crippen LogP contribution in [0.1, 0.15) is 54.3 Å². The fourth-order valence-corrected chi connectivity index (χ4v) is 4.30. The number of Topliss-reactive ketones (excluding diaryl/α,β-unsaturated/α-hetero) is 1. The van der Waals surface area contributed by atoms with Gasteiger partial charge in [0.15, 0.2) is 5.78 Å². The zero-order chi connectivity index (χ0) is 28.1. The molecule has 0 saturated heterocycles. The number of ketones is 1. The van der Waals surface area contributed by atoms with Crippen LogP contribution in [0, 0.1) is 0 Å². The van der Waals surface area contributed by atoms with Crippen LogP contribution in [-0.4, -0.2) is 64.5 Å². The molecule has 0 unspecified atom stereocenters.